The van der Waals surface area contributed by atoms with Crippen LogP contribution in [0.25, 0.3) is 0 Å². The van der Waals surface area contributed by atoms with Crippen LogP contribution in [-0.2, 0) is 16.6 Å². The van der Waals surface area contributed by atoms with Crippen LogP contribution < -0.4 is 10.5 Å². The Kier molecular flexibility index (Phi) is 3.39. The maximum absolute atomic E-state index is 12.4. The van der Waals surface area contributed by atoms with Gasteiger partial charge >= 0.3 is 0 Å². The Bertz CT molecular complexity index is 617. The average Bonchev–Trinajstić information content (AvgIpc) is 3.27. The van der Waals surface area contributed by atoms with Crippen LogP contribution in [0.15, 0.2) is 23.1 Å². The average molecular weight is 294 g/mol. The zero-order valence-electron chi connectivity index (χ0n) is 11.9. The number of nitrogens with one attached hydrogen (secondary N) is 1. The Morgan fingerprint density at radius 3 is 2.55 bits per heavy atom. The van der Waals surface area contributed by atoms with Crippen LogP contribution in [0.4, 0.5) is 0 Å². The second kappa shape index (κ2) is 4.83. The maximum atomic E-state index is 12.4. The van der Waals surface area contributed by atoms with Crippen molar-refractivity contribution in [1.29, 1.82) is 0 Å². The first-order valence-corrected chi connectivity index (χ1v) is 8.74. The molecule has 2 aliphatic rings. The van der Waals surface area contributed by atoms with E-state index in [1.807, 2.05) is 13.0 Å². The molecule has 1 aromatic rings. The van der Waals surface area contributed by atoms with Crippen LogP contribution >= 0.6 is 0 Å². The van der Waals surface area contributed by atoms with Crippen LogP contribution in [0.5, 0.6) is 0 Å². The lowest BCUT2D eigenvalue weighted by Crippen LogP contribution is -2.31. The zero-order valence-corrected chi connectivity index (χ0v) is 12.7. The zero-order chi connectivity index (χ0) is 14.4. The monoisotopic (exact) mass is 294 g/mol. The van der Waals surface area contributed by atoms with E-state index in [1.54, 1.807) is 12.1 Å². The van der Waals surface area contributed by atoms with Gasteiger partial charge in [-0.15, -0.1) is 0 Å². The molecule has 3 N–H and O–H groups in total. The summed E-state index contributed by atoms with van der Waals surface area (Å²) in [6.07, 6.45) is 4.88. The molecule has 2 aliphatic carbocycles. The number of sulfonamides is 1. The van der Waals surface area contributed by atoms with Gasteiger partial charge in [0.2, 0.25) is 10.0 Å². The number of rotatable bonds is 6. The fraction of sp³-hybridized carbons (Fsp3) is 0.600. The quantitative estimate of drug-likeness (QED) is 0.842. The predicted octanol–water partition coefficient (Wildman–Crippen LogP) is 1.92. The summed E-state index contributed by atoms with van der Waals surface area (Å²) >= 11 is 0. The summed E-state index contributed by atoms with van der Waals surface area (Å²) in [7, 11) is -3.41. The van der Waals surface area contributed by atoms with Crippen molar-refractivity contribution in [1.82, 2.24) is 4.72 Å². The summed E-state index contributed by atoms with van der Waals surface area (Å²) in [6, 6.07) is 5.30. The molecule has 3 rings (SSSR count). The lowest BCUT2D eigenvalue weighted by Gasteiger charge is -2.16. The highest BCUT2D eigenvalue weighted by Crippen LogP contribution is 2.60. The van der Waals surface area contributed by atoms with E-state index in [1.165, 1.54) is 25.7 Å². The van der Waals surface area contributed by atoms with E-state index < -0.39 is 10.0 Å². The van der Waals surface area contributed by atoms with Crippen LogP contribution in [0, 0.1) is 18.3 Å². The summed E-state index contributed by atoms with van der Waals surface area (Å²) < 4.78 is 27.7. The second-order valence-electron chi connectivity index (χ2n) is 6.27. The highest BCUT2D eigenvalue weighted by atomic mass is 32.2. The summed E-state index contributed by atoms with van der Waals surface area (Å²) in [6.45, 7) is 2.85. The Morgan fingerprint density at radius 2 is 2.05 bits per heavy atom. The minimum atomic E-state index is -3.41. The summed E-state index contributed by atoms with van der Waals surface area (Å²) in [4.78, 5) is 0.376. The van der Waals surface area contributed by atoms with E-state index in [2.05, 4.69) is 4.72 Å². The molecule has 2 saturated carbocycles. The van der Waals surface area contributed by atoms with Crippen LogP contribution in [0.1, 0.15) is 36.8 Å². The molecule has 1 aromatic carbocycles. The number of benzene rings is 1. The molecule has 0 amide bonds. The Labute approximate surface area is 120 Å². The number of nitrogens with two attached hydrogens (primary N) is 1. The van der Waals surface area contributed by atoms with Gasteiger partial charge < -0.3 is 5.73 Å². The van der Waals surface area contributed by atoms with Crippen LogP contribution in [-0.4, -0.2) is 15.0 Å². The number of hydrogen-bond acceptors (Lipinski definition) is 3. The van der Waals surface area contributed by atoms with Crippen LogP contribution in [0.2, 0.25) is 0 Å². The lowest BCUT2D eigenvalue weighted by molar-refractivity contribution is 0.432. The van der Waals surface area contributed by atoms with Gasteiger partial charge in [-0.25, -0.2) is 13.1 Å². The molecule has 0 unspecified atom stereocenters. The van der Waals surface area contributed by atoms with Crippen LogP contribution in [0.3, 0.4) is 0 Å². The molecule has 0 heterocycles. The van der Waals surface area contributed by atoms with Crippen molar-refractivity contribution in [3.05, 3.63) is 29.3 Å². The molecule has 0 aromatic heterocycles. The third kappa shape index (κ3) is 2.62. The Hall–Kier alpha value is -0.910. The highest BCUT2D eigenvalue weighted by Gasteiger charge is 2.53. The fourth-order valence-electron chi connectivity index (χ4n) is 3.04. The van der Waals surface area contributed by atoms with Crippen molar-refractivity contribution in [2.45, 2.75) is 44.0 Å². The van der Waals surface area contributed by atoms with Gasteiger partial charge in [-0.2, -0.15) is 0 Å². The van der Waals surface area contributed by atoms with Gasteiger partial charge in [0.15, 0.2) is 0 Å². The van der Waals surface area contributed by atoms with E-state index in [0.717, 1.165) is 17.0 Å². The summed E-state index contributed by atoms with van der Waals surface area (Å²) in [5, 5.41) is 0. The normalized spacial score (nSPS) is 20.9. The second-order valence-corrected chi connectivity index (χ2v) is 8.00. The van der Waals surface area contributed by atoms with Gasteiger partial charge in [0, 0.05) is 13.1 Å². The molecule has 110 valence electrons. The van der Waals surface area contributed by atoms with E-state index >= 15 is 0 Å². The molecular formula is C15H22N2O2S. The minimum absolute atomic E-state index is 0.276. The lowest BCUT2D eigenvalue weighted by atomic mass is 10.0. The van der Waals surface area contributed by atoms with Gasteiger partial charge in [0.25, 0.3) is 0 Å². The molecule has 0 spiro atoms. The van der Waals surface area contributed by atoms with E-state index in [4.69, 9.17) is 5.73 Å². The third-order valence-electron chi connectivity index (χ3n) is 4.71. The first-order valence-electron chi connectivity index (χ1n) is 7.26. The van der Waals surface area contributed by atoms with Gasteiger partial charge in [-0.3, -0.25) is 0 Å². The first-order chi connectivity index (χ1) is 9.47. The highest BCUT2D eigenvalue weighted by molar-refractivity contribution is 7.89. The van der Waals surface area contributed by atoms with Crippen molar-refractivity contribution in [2.75, 3.05) is 6.54 Å². The van der Waals surface area contributed by atoms with Crippen molar-refractivity contribution in [2.24, 2.45) is 17.1 Å². The van der Waals surface area contributed by atoms with E-state index in [9.17, 15) is 8.42 Å². The molecule has 20 heavy (non-hydrogen) atoms. The van der Waals surface area contributed by atoms with Crippen molar-refractivity contribution in [3.8, 4) is 0 Å². The van der Waals surface area contributed by atoms with Crippen molar-refractivity contribution < 1.29 is 8.42 Å². The SMILES string of the molecule is Cc1cc(CN)ccc1S(=O)(=O)NCC1(C2CC2)CC1. The topological polar surface area (TPSA) is 72.2 Å². The van der Waals surface area contributed by atoms with Crippen molar-refractivity contribution >= 4 is 10.0 Å². The van der Waals surface area contributed by atoms with Gasteiger partial charge in [0.05, 0.1) is 4.90 Å². The minimum Gasteiger partial charge on any atom is -0.326 e. The molecule has 0 aliphatic heterocycles. The summed E-state index contributed by atoms with van der Waals surface area (Å²) in [5.74, 6) is 0.755. The van der Waals surface area contributed by atoms with Gasteiger partial charge in [-0.05, 0) is 61.1 Å². The first kappa shape index (κ1) is 14.0. The number of aryl methyl sites for hydroxylation is 1. The molecule has 0 saturated heterocycles. The van der Waals surface area contributed by atoms with E-state index in [0.29, 0.717) is 18.0 Å². The van der Waals surface area contributed by atoms with Crippen molar-refractivity contribution in [3.63, 3.8) is 0 Å². The smallest absolute Gasteiger partial charge is 0.240 e. The molecule has 0 atom stereocenters. The largest absolute Gasteiger partial charge is 0.326 e. The molecule has 5 heteroatoms. The fourth-order valence-corrected chi connectivity index (χ4v) is 4.41. The molecule has 4 nitrogen and oxygen atoms in total. The molecule has 0 bridgehead atoms. The third-order valence-corrected chi connectivity index (χ3v) is 6.28. The predicted molar refractivity (Wildman–Crippen MR) is 78.6 cm³/mol. The molecule has 0 radical (unpaired) electrons. The maximum Gasteiger partial charge on any atom is 0.240 e. The number of hydrogen-bond donors (Lipinski definition) is 2. The molecular weight excluding hydrogens is 272 g/mol. The van der Waals surface area contributed by atoms with Gasteiger partial charge in [0.1, 0.15) is 0 Å². The van der Waals surface area contributed by atoms with Gasteiger partial charge in [-0.1, -0.05) is 12.1 Å². The standard InChI is InChI=1S/C15H22N2O2S/c1-11-8-12(9-16)2-5-14(11)20(18,19)17-10-15(6-7-15)13-3-4-13/h2,5,8,13,17H,3-4,6-7,9-10,16H2,1H3. The summed E-state index contributed by atoms with van der Waals surface area (Å²) in [5.41, 5.74) is 7.57. The Morgan fingerprint density at radius 1 is 1.35 bits per heavy atom. The van der Waals surface area contributed by atoms with E-state index in [-0.39, 0.29) is 5.41 Å². The Balaban J connectivity index is 1.74. The molecule has 2 fully saturated rings.